The van der Waals surface area contributed by atoms with E-state index in [-0.39, 0.29) is 0 Å². The van der Waals surface area contributed by atoms with Crippen LogP contribution in [0.5, 0.6) is 0 Å². The zero-order chi connectivity index (χ0) is 12.0. The Hall–Kier alpha value is -0.730. The van der Waals surface area contributed by atoms with Crippen LogP contribution in [0.1, 0.15) is 6.42 Å². The highest BCUT2D eigenvalue weighted by molar-refractivity contribution is 5.67. The Labute approximate surface area is 86.9 Å². The van der Waals surface area contributed by atoms with Crippen LogP contribution in [0.2, 0.25) is 0 Å². The summed E-state index contributed by atoms with van der Waals surface area (Å²) < 4.78 is 9.06. The van der Waals surface area contributed by atoms with Crippen molar-refractivity contribution in [3.8, 4) is 0 Å². The summed E-state index contributed by atoms with van der Waals surface area (Å²) in [7, 11) is 2.34. The maximum absolute atomic E-state index is 10.4. The summed E-state index contributed by atoms with van der Waals surface area (Å²) in [5, 5.41) is 36.3. The normalized spacial score (nSPS) is 19.3. The second kappa shape index (κ2) is 6.70. The number of carboxylic acid groups (broad SMARTS) is 1. The molecule has 0 amide bonds. The average Bonchev–Trinajstić information content (AvgIpc) is 2.22. The molecule has 0 aromatic carbocycles. The second-order valence-corrected chi connectivity index (χ2v) is 2.98. The molecule has 4 N–H and O–H groups in total. The number of ether oxygens (including phenoxy) is 2. The SMILES string of the molecule is CO[C@H](O)C(O)[C@@H](O)[C@@H](CC(=O)O)OC. The van der Waals surface area contributed by atoms with Crippen LogP contribution >= 0.6 is 0 Å². The van der Waals surface area contributed by atoms with E-state index in [4.69, 9.17) is 10.2 Å². The maximum atomic E-state index is 10.4. The van der Waals surface area contributed by atoms with Gasteiger partial charge in [0, 0.05) is 14.2 Å². The van der Waals surface area contributed by atoms with Crippen LogP contribution in [-0.2, 0) is 14.3 Å². The molecule has 7 heteroatoms. The van der Waals surface area contributed by atoms with Gasteiger partial charge in [0.25, 0.3) is 0 Å². The summed E-state index contributed by atoms with van der Waals surface area (Å²) >= 11 is 0. The molecule has 15 heavy (non-hydrogen) atoms. The van der Waals surface area contributed by atoms with Gasteiger partial charge in [0.1, 0.15) is 12.2 Å². The van der Waals surface area contributed by atoms with Gasteiger partial charge in [0.15, 0.2) is 6.29 Å². The molecule has 0 heterocycles. The lowest BCUT2D eigenvalue weighted by Crippen LogP contribution is -2.46. The van der Waals surface area contributed by atoms with Crippen molar-refractivity contribution in [2.75, 3.05) is 14.2 Å². The molecule has 0 radical (unpaired) electrons. The number of aliphatic hydroxyl groups excluding tert-OH is 3. The van der Waals surface area contributed by atoms with Crippen molar-refractivity contribution in [2.24, 2.45) is 0 Å². The average molecular weight is 224 g/mol. The lowest BCUT2D eigenvalue weighted by Gasteiger charge is -2.26. The second-order valence-electron chi connectivity index (χ2n) is 2.98. The van der Waals surface area contributed by atoms with E-state index in [1.807, 2.05) is 0 Å². The van der Waals surface area contributed by atoms with Crippen molar-refractivity contribution in [1.82, 2.24) is 0 Å². The van der Waals surface area contributed by atoms with Gasteiger partial charge in [0.05, 0.1) is 12.5 Å². The molecule has 0 bridgehead atoms. The first-order valence-electron chi connectivity index (χ1n) is 4.25. The van der Waals surface area contributed by atoms with E-state index in [9.17, 15) is 15.0 Å². The largest absolute Gasteiger partial charge is 0.481 e. The number of rotatable bonds is 7. The van der Waals surface area contributed by atoms with E-state index in [0.717, 1.165) is 7.11 Å². The molecule has 0 aromatic rings. The van der Waals surface area contributed by atoms with Crippen molar-refractivity contribution in [3.63, 3.8) is 0 Å². The fraction of sp³-hybridized carbons (Fsp3) is 0.875. The minimum absolute atomic E-state index is 0.481. The first-order valence-corrected chi connectivity index (χ1v) is 4.25. The predicted octanol–water partition coefficient (Wildman–Crippen LogP) is -1.84. The standard InChI is InChI=1S/C8H16O7/c1-14-4(3-5(9)10)6(11)7(12)8(13)15-2/h4,6-8,11-13H,3H2,1-2H3,(H,9,10)/t4-,6+,7?,8+/m1/s1. The van der Waals surface area contributed by atoms with Crippen molar-refractivity contribution in [1.29, 1.82) is 0 Å². The molecule has 0 saturated carbocycles. The molecule has 90 valence electrons. The summed E-state index contributed by atoms with van der Waals surface area (Å²) in [6.07, 6.45) is -6.35. The topological polar surface area (TPSA) is 116 Å². The number of aliphatic carboxylic acids is 1. The molecule has 0 aliphatic carbocycles. The van der Waals surface area contributed by atoms with Gasteiger partial charge in [-0.05, 0) is 0 Å². The van der Waals surface area contributed by atoms with E-state index in [0.29, 0.717) is 0 Å². The summed E-state index contributed by atoms with van der Waals surface area (Å²) in [5.41, 5.74) is 0. The van der Waals surface area contributed by atoms with Gasteiger partial charge in [-0.1, -0.05) is 0 Å². The van der Waals surface area contributed by atoms with Gasteiger partial charge in [-0.3, -0.25) is 4.79 Å². The van der Waals surface area contributed by atoms with Crippen LogP contribution in [-0.4, -0.2) is 65.2 Å². The van der Waals surface area contributed by atoms with Crippen molar-refractivity contribution < 1.29 is 34.7 Å². The third kappa shape index (κ3) is 4.54. The van der Waals surface area contributed by atoms with Crippen LogP contribution in [0, 0.1) is 0 Å². The summed E-state index contributed by atoms with van der Waals surface area (Å²) in [6, 6.07) is 0. The van der Waals surface area contributed by atoms with Gasteiger partial charge >= 0.3 is 5.97 Å². The lowest BCUT2D eigenvalue weighted by atomic mass is 10.0. The molecular weight excluding hydrogens is 208 g/mol. The number of hydrogen-bond donors (Lipinski definition) is 4. The summed E-state index contributed by atoms with van der Waals surface area (Å²) in [5.74, 6) is -1.18. The quantitative estimate of drug-likeness (QED) is 0.375. The monoisotopic (exact) mass is 224 g/mol. The van der Waals surface area contributed by atoms with E-state index in [1.165, 1.54) is 7.11 Å². The Balaban J connectivity index is 4.35. The van der Waals surface area contributed by atoms with E-state index >= 15 is 0 Å². The van der Waals surface area contributed by atoms with Crippen molar-refractivity contribution in [2.45, 2.75) is 31.0 Å². The number of hydrogen-bond acceptors (Lipinski definition) is 6. The van der Waals surface area contributed by atoms with Crippen molar-refractivity contribution in [3.05, 3.63) is 0 Å². The first kappa shape index (κ1) is 14.3. The third-order valence-corrected chi connectivity index (χ3v) is 1.94. The maximum Gasteiger partial charge on any atom is 0.306 e. The first-order chi connectivity index (χ1) is 6.93. The van der Waals surface area contributed by atoms with Crippen LogP contribution in [0.3, 0.4) is 0 Å². The molecule has 4 atom stereocenters. The number of aliphatic hydroxyl groups is 3. The zero-order valence-corrected chi connectivity index (χ0v) is 8.53. The van der Waals surface area contributed by atoms with Crippen LogP contribution in [0.4, 0.5) is 0 Å². The van der Waals surface area contributed by atoms with Crippen LogP contribution in [0.15, 0.2) is 0 Å². The molecule has 0 fully saturated rings. The molecule has 0 aliphatic heterocycles. The van der Waals surface area contributed by atoms with Gasteiger partial charge in [-0.25, -0.2) is 0 Å². The molecule has 0 aliphatic rings. The summed E-state index contributed by atoms with van der Waals surface area (Å²) in [6.45, 7) is 0. The smallest absolute Gasteiger partial charge is 0.306 e. The lowest BCUT2D eigenvalue weighted by molar-refractivity contribution is -0.195. The Morgan fingerprint density at radius 2 is 1.67 bits per heavy atom. The molecule has 0 rings (SSSR count). The fourth-order valence-corrected chi connectivity index (χ4v) is 1.04. The highest BCUT2D eigenvalue weighted by Gasteiger charge is 2.32. The van der Waals surface area contributed by atoms with Crippen LogP contribution < -0.4 is 0 Å². The minimum atomic E-state index is -1.63. The highest BCUT2D eigenvalue weighted by atomic mass is 16.6. The van der Waals surface area contributed by atoms with Gasteiger partial charge in [0.2, 0.25) is 0 Å². The molecule has 0 saturated heterocycles. The Kier molecular flexibility index (Phi) is 6.37. The van der Waals surface area contributed by atoms with Crippen molar-refractivity contribution >= 4 is 5.97 Å². The molecule has 0 spiro atoms. The number of methoxy groups -OCH3 is 2. The molecule has 0 aromatic heterocycles. The van der Waals surface area contributed by atoms with Gasteiger partial charge in [-0.2, -0.15) is 0 Å². The number of carboxylic acids is 1. The Bertz CT molecular complexity index is 195. The Morgan fingerprint density at radius 1 is 1.13 bits per heavy atom. The zero-order valence-electron chi connectivity index (χ0n) is 8.53. The number of carbonyl (C=O) groups is 1. The Morgan fingerprint density at radius 3 is 2.00 bits per heavy atom. The highest BCUT2D eigenvalue weighted by Crippen LogP contribution is 2.11. The van der Waals surface area contributed by atoms with Crippen LogP contribution in [0.25, 0.3) is 0 Å². The van der Waals surface area contributed by atoms with E-state index < -0.39 is 37.0 Å². The predicted molar refractivity (Wildman–Crippen MR) is 48.1 cm³/mol. The molecule has 7 nitrogen and oxygen atoms in total. The molecule has 1 unspecified atom stereocenters. The fourth-order valence-electron chi connectivity index (χ4n) is 1.04. The van der Waals surface area contributed by atoms with Gasteiger partial charge in [-0.15, -0.1) is 0 Å². The van der Waals surface area contributed by atoms with E-state index in [2.05, 4.69) is 9.47 Å². The third-order valence-electron chi connectivity index (χ3n) is 1.94. The minimum Gasteiger partial charge on any atom is -0.481 e. The summed E-state index contributed by atoms with van der Waals surface area (Å²) in [4.78, 5) is 10.4. The van der Waals surface area contributed by atoms with E-state index in [1.54, 1.807) is 0 Å². The molecular formula is C8H16O7. The van der Waals surface area contributed by atoms with Gasteiger partial charge < -0.3 is 29.9 Å².